The topological polar surface area (TPSA) is 78.1 Å². The SMILES string of the molecule is CCN(C)c1cccc(NC(=O)c2n[nH]c3ccccc3c2=O)c1. The van der Waals surface area contributed by atoms with Crippen LogP contribution >= 0.6 is 0 Å². The molecule has 6 nitrogen and oxygen atoms in total. The third kappa shape index (κ3) is 2.99. The van der Waals surface area contributed by atoms with E-state index in [0.717, 1.165) is 12.2 Å². The van der Waals surface area contributed by atoms with Gasteiger partial charge in [-0.1, -0.05) is 18.2 Å². The van der Waals surface area contributed by atoms with Crippen molar-refractivity contribution < 1.29 is 4.79 Å². The lowest BCUT2D eigenvalue weighted by atomic mass is 10.2. The van der Waals surface area contributed by atoms with Gasteiger partial charge in [-0.2, -0.15) is 5.10 Å². The second kappa shape index (κ2) is 6.54. The number of amides is 1. The highest BCUT2D eigenvalue weighted by molar-refractivity contribution is 6.04. The average molecular weight is 322 g/mol. The van der Waals surface area contributed by atoms with Crippen molar-refractivity contribution in [3.05, 3.63) is 64.4 Å². The van der Waals surface area contributed by atoms with Crippen molar-refractivity contribution in [2.45, 2.75) is 6.92 Å². The number of carbonyl (C=O) groups excluding carboxylic acids is 1. The molecule has 2 aromatic carbocycles. The molecule has 3 aromatic rings. The standard InChI is InChI=1S/C18H18N4O2/c1-3-22(2)13-8-6-7-12(11-13)19-18(24)16-17(23)14-9-4-5-10-15(14)20-21-16/h4-11H,3H2,1-2H3,(H,19,24)(H,20,23). The van der Waals surface area contributed by atoms with E-state index in [1.54, 1.807) is 30.3 Å². The summed E-state index contributed by atoms with van der Waals surface area (Å²) in [5.74, 6) is -0.529. The summed E-state index contributed by atoms with van der Waals surface area (Å²) in [6, 6.07) is 14.4. The lowest BCUT2D eigenvalue weighted by molar-refractivity contribution is 0.102. The van der Waals surface area contributed by atoms with Gasteiger partial charge < -0.3 is 10.2 Å². The number of anilines is 2. The molecule has 0 aliphatic carbocycles. The molecule has 0 fully saturated rings. The number of aromatic nitrogens is 2. The van der Waals surface area contributed by atoms with E-state index in [0.29, 0.717) is 16.6 Å². The lowest BCUT2D eigenvalue weighted by Gasteiger charge is -2.17. The number of para-hydroxylation sites is 1. The molecular formula is C18H18N4O2. The van der Waals surface area contributed by atoms with Crippen molar-refractivity contribution in [1.29, 1.82) is 0 Å². The van der Waals surface area contributed by atoms with Gasteiger partial charge in [0.1, 0.15) is 0 Å². The van der Waals surface area contributed by atoms with Crippen molar-refractivity contribution >= 4 is 28.2 Å². The predicted molar refractivity (Wildman–Crippen MR) is 95.7 cm³/mol. The maximum atomic E-state index is 12.4. The summed E-state index contributed by atoms with van der Waals surface area (Å²) in [4.78, 5) is 26.9. The minimum atomic E-state index is -0.529. The first kappa shape index (κ1) is 15.7. The van der Waals surface area contributed by atoms with Crippen LogP contribution in [-0.2, 0) is 0 Å². The molecule has 2 N–H and O–H groups in total. The number of H-pyrrole nitrogens is 1. The van der Waals surface area contributed by atoms with Crippen molar-refractivity contribution in [1.82, 2.24) is 10.2 Å². The molecule has 0 aliphatic heterocycles. The Kier molecular flexibility index (Phi) is 4.29. The molecule has 24 heavy (non-hydrogen) atoms. The minimum Gasteiger partial charge on any atom is -0.375 e. The Bertz CT molecular complexity index is 949. The maximum absolute atomic E-state index is 12.4. The van der Waals surface area contributed by atoms with E-state index in [9.17, 15) is 9.59 Å². The number of nitrogens with zero attached hydrogens (tertiary/aromatic N) is 2. The van der Waals surface area contributed by atoms with Gasteiger partial charge in [-0.15, -0.1) is 0 Å². The van der Waals surface area contributed by atoms with Crippen LogP contribution in [-0.4, -0.2) is 29.7 Å². The second-order valence-electron chi connectivity index (χ2n) is 5.47. The third-order valence-electron chi connectivity index (χ3n) is 3.91. The monoisotopic (exact) mass is 322 g/mol. The van der Waals surface area contributed by atoms with Crippen molar-refractivity contribution in [3.8, 4) is 0 Å². The second-order valence-corrected chi connectivity index (χ2v) is 5.47. The van der Waals surface area contributed by atoms with Crippen LogP contribution in [0.15, 0.2) is 53.3 Å². The van der Waals surface area contributed by atoms with Crippen LogP contribution < -0.4 is 15.6 Å². The van der Waals surface area contributed by atoms with Gasteiger partial charge in [0.2, 0.25) is 5.43 Å². The summed E-state index contributed by atoms with van der Waals surface area (Å²) in [5.41, 5.74) is 1.67. The fraction of sp³-hybridized carbons (Fsp3) is 0.167. The first-order chi connectivity index (χ1) is 11.6. The number of benzene rings is 2. The summed E-state index contributed by atoms with van der Waals surface area (Å²) < 4.78 is 0. The molecule has 0 bridgehead atoms. The van der Waals surface area contributed by atoms with Gasteiger partial charge in [0, 0.05) is 30.4 Å². The van der Waals surface area contributed by atoms with E-state index in [1.165, 1.54) is 0 Å². The first-order valence-electron chi connectivity index (χ1n) is 7.70. The van der Waals surface area contributed by atoms with Crippen LogP contribution in [0.4, 0.5) is 11.4 Å². The van der Waals surface area contributed by atoms with Crippen LogP contribution in [0.3, 0.4) is 0 Å². The van der Waals surface area contributed by atoms with Gasteiger partial charge in [0.25, 0.3) is 5.91 Å². The van der Waals surface area contributed by atoms with Gasteiger partial charge in [0.15, 0.2) is 5.69 Å². The van der Waals surface area contributed by atoms with E-state index < -0.39 is 5.91 Å². The number of hydrogen-bond acceptors (Lipinski definition) is 4. The van der Waals surface area contributed by atoms with E-state index in [4.69, 9.17) is 0 Å². The molecule has 0 atom stereocenters. The number of rotatable bonds is 4. The van der Waals surface area contributed by atoms with Crippen molar-refractivity contribution in [3.63, 3.8) is 0 Å². The number of fused-ring (bicyclic) bond motifs is 1. The Hall–Kier alpha value is -3.15. The molecule has 0 saturated heterocycles. The summed E-state index contributed by atoms with van der Waals surface area (Å²) in [5, 5.41) is 9.84. The van der Waals surface area contributed by atoms with Gasteiger partial charge in [-0.05, 0) is 37.3 Å². The number of hydrogen-bond donors (Lipinski definition) is 2. The smallest absolute Gasteiger partial charge is 0.280 e. The Balaban J connectivity index is 1.91. The molecule has 1 aromatic heterocycles. The summed E-state index contributed by atoms with van der Waals surface area (Å²) in [6.45, 7) is 2.90. The molecule has 3 rings (SSSR count). The van der Waals surface area contributed by atoms with Crippen LogP contribution in [0.5, 0.6) is 0 Å². The number of nitrogens with one attached hydrogen (secondary N) is 2. The summed E-state index contributed by atoms with van der Waals surface area (Å²) >= 11 is 0. The van der Waals surface area contributed by atoms with Crippen molar-refractivity contribution in [2.75, 3.05) is 23.8 Å². The highest BCUT2D eigenvalue weighted by Gasteiger charge is 2.15. The van der Waals surface area contributed by atoms with Gasteiger partial charge >= 0.3 is 0 Å². The van der Waals surface area contributed by atoms with E-state index in [2.05, 4.69) is 20.4 Å². The molecule has 1 amide bonds. The van der Waals surface area contributed by atoms with Crippen LogP contribution in [0.1, 0.15) is 17.4 Å². The zero-order valence-electron chi connectivity index (χ0n) is 13.5. The zero-order chi connectivity index (χ0) is 17.1. The first-order valence-corrected chi connectivity index (χ1v) is 7.70. The Morgan fingerprint density at radius 1 is 1.21 bits per heavy atom. The third-order valence-corrected chi connectivity index (χ3v) is 3.91. The fourth-order valence-corrected chi connectivity index (χ4v) is 2.42. The Morgan fingerprint density at radius 3 is 2.79 bits per heavy atom. The normalized spacial score (nSPS) is 10.6. The van der Waals surface area contributed by atoms with Crippen LogP contribution in [0.25, 0.3) is 10.9 Å². The zero-order valence-corrected chi connectivity index (χ0v) is 13.5. The average Bonchev–Trinajstić information content (AvgIpc) is 2.61. The van der Waals surface area contributed by atoms with Crippen LogP contribution in [0, 0.1) is 0 Å². The maximum Gasteiger partial charge on any atom is 0.280 e. The summed E-state index contributed by atoms with van der Waals surface area (Å²) in [7, 11) is 1.97. The molecular weight excluding hydrogens is 304 g/mol. The van der Waals surface area contributed by atoms with E-state index >= 15 is 0 Å². The summed E-state index contributed by atoms with van der Waals surface area (Å²) in [6.07, 6.45) is 0. The number of aromatic amines is 1. The lowest BCUT2D eigenvalue weighted by Crippen LogP contribution is -2.24. The minimum absolute atomic E-state index is 0.150. The fourth-order valence-electron chi connectivity index (χ4n) is 2.42. The molecule has 122 valence electrons. The molecule has 6 heteroatoms. The van der Waals surface area contributed by atoms with Gasteiger partial charge in [-0.3, -0.25) is 14.7 Å². The highest BCUT2D eigenvalue weighted by Crippen LogP contribution is 2.18. The number of carbonyl (C=O) groups is 1. The quantitative estimate of drug-likeness (QED) is 0.774. The molecule has 0 saturated carbocycles. The molecule has 0 unspecified atom stereocenters. The molecule has 0 spiro atoms. The van der Waals surface area contributed by atoms with Gasteiger partial charge in [-0.25, -0.2) is 0 Å². The predicted octanol–water partition coefficient (Wildman–Crippen LogP) is 2.63. The molecule has 0 radical (unpaired) electrons. The largest absolute Gasteiger partial charge is 0.375 e. The van der Waals surface area contributed by atoms with E-state index in [1.807, 2.05) is 32.2 Å². The molecule has 1 heterocycles. The molecule has 0 aliphatic rings. The Morgan fingerprint density at radius 2 is 2.00 bits per heavy atom. The van der Waals surface area contributed by atoms with Crippen molar-refractivity contribution in [2.24, 2.45) is 0 Å². The Labute approximate surface area is 139 Å². The van der Waals surface area contributed by atoms with Crippen LogP contribution in [0.2, 0.25) is 0 Å². The van der Waals surface area contributed by atoms with Gasteiger partial charge in [0.05, 0.1) is 5.52 Å². The highest BCUT2D eigenvalue weighted by atomic mass is 16.2. The van der Waals surface area contributed by atoms with E-state index in [-0.39, 0.29) is 11.1 Å².